The van der Waals surface area contributed by atoms with Crippen molar-refractivity contribution in [3.8, 4) is 0 Å². The molecule has 0 saturated heterocycles. The van der Waals surface area contributed by atoms with Gasteiger partial charge in [0.25, 0.3) is 0 Å². The molecule has 0 aromatic heterocycles. The minimum absolute atomic E-state index is 0.0871. The Hall–Kier alpha value is -1.81. The van der Waals surface area contributed by atoms with Crippen LogP contribution in [-0.4, -0.2) is 35.2 Å². The molecule has 176 valence electrons. The molecule has 0 radical (unpaired) electrons. The van der Waals surface area contributed by atoms with E-state index in [1.165, 1.54) is 24.8 Å². The van der Waals surface area contributed by atoms with Crippen LogP contribution in [0.2, 0.25) is 0 Å². The summed E-state index contributed by atoms with van der Waals surface area (Å²) in [4.78, 5) is 28.4. The number of nitrogens with one attached hydrogen (secondary N) is 1. The Kier molecular flexibility index (Phi) is 9.22. The first-order chi connectivity index (χ1) is 15.4. The highest BCUT2D eigenvalue weighted by Crippen LogP contribution is 2.31. The van der Waals surface area contributed by atoms with Crippen LogP contribution in [0.25, 0.3) is 0 Å². The monoisotopic (exact) mass is 458 g/mol. The smallest absolute Gasteiger partial charge is 0.247 e. The van der Waals surface area contributed by atoms with E-state index in [1.807, 2.05) is 31.2 Å². The van der Waals surface area contributed by atoms with Crippen molar-refractivity contribution in [2.24, 2.45) is 11.8 Å². The van der Waals surface area contributed by atoms with Gasteiger partial charge in [-0.3, -0.25) is 9.59 Å². The van der Waals surface area contributed by atoms with Gasteiger partial charge in [0, 0.05) is 12.6 Å². The Bertz CT molecular complexity index is 804. The van der Waals surface area contributed by atoms with Crippen LogP contribution in [0.5, 0.6) is 0 Å². The number of halogens is 1. The maximum absolute atomic E-state index is 13.7. The van der Waals surface area contributed by atoms with E-state index >= 15 is 0 Å². The van der Waals surface area contributed by atoms with Gasteiger partial charge in [0.1, 0.15) is 11.9 Å². The van der Waals surface area contributed by atoms with E-state index in [0.29, 0.717) is 18.4 Å². The molecule has 2 amide bonds. The third-order valence-electron chi connectivity index (χ3n) is 7.48. The number of hydrogen-bond donors (Lipinski definition) is 1. The van der Waals surface area contributed by atoms with Crippen LogP contribution in [0.15, 0.2) is 35.9 Å². The first-order valence-electron chi connectivity index (χ1n) is 12.3. The molecule has 5 heteroatoms. The van der Waals surface area contributed by atoms with Crippen LogP contribution < -0.4 is 5.32 Å². The number of benzene rings is 1. The average Bonchev–Trinajstić information content (AvgIpc) is 2.80. The standard InChI is InChI=1S/C27H39ClN2O2/c1-19-12-14-23(15-13-19)26(27(32)29-24-11-7-8-20(2)21(24)3)30(25(31)18-28)17-16-22-9-5-4-6-10-22/h9,12-15,20-21,24,26H,4-8,10-11,16-18H2,1-3H3,(H,29,32)/t20-,21+,24+,26+/m0/s1. The van der Waals surface area contributed by atoms with Gasteiger partial charge >= 0.3 is 0 Å². The van der Waals surface area contributed by atoms with Gasteiger partial charge in [0.05, 0.1) is 0 Å². The summed E-state index contributed by atoms with van der Waals surface area (Å²) in [5.74, 6) is 0.623. The summed E-state index contributed by atoms with van der Waals surface area (Å²) in [7, 11) is 0. The number of carbonyl (C=O) groups is 2. The zero-order chi connectivity index (χ0) is 23.1. The SMILES string of the molecule is Cc1ccc([C@H](C(=O)N[C@@H]2CCC[C@H](C)[C@H]2C)N(CCC2=CCCCC2)C(=O)CCl)cc1. The molecule has 0 aliphatic heterocycles. The molecule has 32 heavy (non-hydrogen) atoms. The highest BCUT2D eigenvalue weighted by molar-refractivity contribution is 6.27. The lowest BCUT2D eigenvalue weighted by atomic mass is 9.78. The van der Waals surface area contributed by atoms with Crippen molar-refractivity contribution in [3.05, 3.63) is 47.0 Å². The fourth-order valence-electron chi connectivity index (χ4n) is 5.14. The van der Waals surface area contributed by atoms with Crippen molar-refractivity contribution < 1.29 is 9.59 Å². The van der Waals surface area contributed by atoms with E-state index in [4.69, 9.17) is 11.6 Å². The normalized spacial score (nSPS) is 24.4. The lowest BCUT2D eigenvalue weighted by molar-refractivity contribution is -0.139. The van der Waals surface area contributed by atoms with E-state index < -0.39 is 6.04 Å². The Morgan fingerprint density at radius 2 is 1.88 bits per heavy atom. The third kappa shape index (κ3) is 6.37. The summed E-state index contributed by atoms with van der Waals surface area (Å²) in [5, 5.41) is 3.32. The lowest BCUT2D eigenvalue weighted by Gasteiger charge is -2.37. The highest BCUT2D eigenvalue weighted by atomic mass is 35.5. The summed E-state index contributed by atoms with van der Waals surface area (Å²) in [6, 6.07) is 7.45. The molecule has 1 aromatic rings. The number of hydrogen-bond acceptors (Lipinski definition) is 2. The predicted octanol–water partition coefficient (Wildman–Crippen LogP) is 5.93. The van der Waals surface area contributed by atoms with E-state index in [-0.39, 0.29) is 23.7 Å². The van der Waals surface area contributed by atoms with Gasteiger partial charge in [0.2, 0.25) is 11.8 Å². The van der Waals surface area contributed by atoms with Crippen LogP contribution in [0.1, 0.15) is 82.4 Å². The summed E-state index contributed by atoms with van der Waals surface area (Å²) in [5.41, 5.74) is 3.37. The molecule has 4 nitrogen and oxygen atoms in total. The van der Waals surface area contributed by atoms with Gasteiger partial charge < -0.3 is 10.2 Å². The fraction of sp³-hybridized carbons (Fsp3) is 0.630. The van der Waals surface area contributed by atoms with Crippen molar-refractivity contribution in [3.63, 3.8) is 0 Å². The molecule has 0 unspecified atom stereocenters. The van der Waals surface area contributed by atoms with Crippen LogP contribution >= 0.6 is 11.6 Å². The first-order valence-corrected chi connectivity index (χ1v) is 12.8. The molecular formula is C27H39ClN2O2. The molecular weight excluding hydrogens is 420 g/mol. The Balaban J connectivity index is 1.85. The van der Waals surface area contributed by atoms with Crippen molar-refractivity contribution >= 4 is 23.4 Å². The van der Waals surface area contributed by atoms with Gasteiger partial charge in [-0.15, -0.1) is 11.6 Å². The molecule has 3 rings (SSSR count). The number of allylic oxidation sites excluding steroid dienone is 1. The number of carbonyl (C=O) groups excluding carboxylic acids is 2. The minimum atomic E-state index is -0.657. The van der Waals surface area contributed by atoms with Gasteiger partial charge in [0.15, 0.2) is 0 Å². The summed E-state index contributed by atoms with van der Waals surface area (Å²) >= 11 is 6.03. The quantitative estimate of drug-likeness (QED) is 0.387. The number of alkyl halides is 1. The van der Waals surface area contributed by atoms with Crippen molar-refractivity contribution in [1.82, 2.24) is 10.2 Å². The number of amides is 2. The van der Waals surface area contributed by atoms with E-state index in [0.717, 1.165) is 43.2 Å². The summed E-state index contributed by atoms with van der Waals surface area (Å²) < 4.78 is 0. The molecule has 0 heterocycles. The van der Waals surface area contributed by atoms with Crippen molar-refractivity contribution in [2.45, 2.75) is 84.2 Å². The topological polar surface area (TPSA) is 49.4 Å². The maximum atomic E-state index is 13.7. The second-order valence-electron chi connectivity index (χ2n) is 9.77. The Labute approximate surface area is 198 Å². The molecule has 1 saturated carbocycles. The average molecular weight is 459 g/mol. The summed E-state index contributed by atoms with van der Waals surface area (Å²) in [6.45, 7) is 7.04. The van der Waals surface area contributed by atoms with Gasteiger partial charge in [-0.1, -0.05) is 68.2 Å². The van der Waals surface area contributed by atoms with Crippen molar-refractivity contribution in [2.75, 3.05) is 12.4 Å². The molecule has 4 atom stereocenters. The fourth-order valence-corrected chi connectivity index (χ4v) is 5.29. The van der Waals surface area contributed by atoms with Gasteiger partial charge in [-0.05, 0) is 62.8 Å². The molecule has 1 aromatic carbocycles. The molecule has 1 N–H and O–H groups in total. The number of nitrogens with zero attached hydrogens (tertiary/aromatic N) is 1. The van der Waals surface area contributed by atoms with Crippen LogP contribution in [-0.2, 0) is 9.59 Å². The summed E-state index contributed by atoms with van der Waals surface area (Å²) in [6.07, 6.45) is 11.1. The highest BCUT2D eigenvalue weighted by Gasteiger charge is 2.35. The minimum Gasteiger partial charge on any atom is -0.351 e. The zero-order valence-corrected chi connectivity index (χ0v) is 20.7. The van der Waals surface area contributed by atoms with E-state index in [9.17, 15) is 9.59 Å². The van der Waals surface area contributed by atoms with Crippen LogP contribution in [0.3, 0.4) is 0 Å². The number of rotatable bonds is 8. The Morgan fingerprint density at radius 3 is 2.53 bits per heavy atom. The maximum Gasteiger partial charge on any atom is 0.247 e. The predicted molar refractivity (Wildman–Crippen MR) is 132 cm³/mol. The van der Waals surface area contributed by atoms with Gasteiger partial charge in [-0.25, -0.2) is 0 Å². The van der Waals surface area contributed by atoms with Crippen molar-refractivity contribution in [1.29, 1.82) is 0 Å². The first kappa shape index (κ1) is 24.8. The molecule has 0 spiro atoms. The number of aryl methyl sites for hydroxylation is 1. The second kappa shape index (κ2) is 11.9. The molecule has 0 bridgehead atoms. The second-order valence-corrected chi connectivity index (χ2v) is 10.0. The molecule has 2 aliphatic rings. The van der Waals surface area contributed by atoms with Crippen LogP contribution in [0, 0.1) is 18.8 Å². The van der Waals surface area contributed by atoms with E-state index in [2.05, 4.69) is 25.2 Å². The van der Waals surface area contributed by atoms with Gasteiger partial charge in [-0.2, -0.15) is 0 Å². The third-order valence-corrected chi connectivity index (χ3v) is 7.71. The largest absolute Gasteiger partial charge is 0.351 e. The Morgan fingerprint density at radius 1 is 1.12 bits per heavy atom. The lowest BCUT2D eigenvalue weighted by Crippen LogP contribution is -2.50. The zero-order valence-electron chi connectivity index (χ0n) is 19.9. The van der Waals surface area contributed by atoms with Crippen LogP contribution in [0.4, 0.5) is 0 Å². The van der Waals surface area contributed by atoms with E-state index in [1.54, 1.807) is 4.90 Å². The molecule has 2 aliphatic carbocycles. The molecule has 1 fully saturated rings.